The second-order valence-corrected chi connectivity index (χ2v) is 9.67. The van der Waals surface area contributed by atoms with Crippen molar-refractivity contribution in [3.63, 3.8) is 0 Å². The summed E-state index contributed by atoms with van der Waals surface area (Å²) in [4.78, 5) is 50.3. The number of amides is 1. The highest BCUT2D eigenvalue weighted by Crippen LogP contribution is 2.27. The van der Waals surface area contributed by atoms with Gasteiger partial charge in [0.2, 0.25) is 0 Å². The number of hydrogen-bond donors (Lipinski definition) is 2. The average Bonchev–Trinajstić information content (AvgIpc) is 3.31. The lowest BCUT2D eigenvalue weighted by atomic mass is 9.97. The van der Waals surface area contributed by atoms with Crippen molar-refractivity contribution in [2.24, 2.45) is 7.05 Å². The van der Waals surface area contributed by atoms with Gasteiger partial charge in [-0.3, -0.25) is 14.3 Å². The fourth-order valence-corrected chi connectivity index (χ4v) is 4.79. The number of aliphatic carboxylic acids is 1. The monoisotopic (exact) mass is 601 g/mol. The fraction of sp³-hybridized carbons (Fsp3) is 0.179. The standard InChI is InChI=1S/C28H20F5N5O5/c1-36-9-8-21(39)38(27(36)43)20-7-3-5-16-14(4-2-6-17(16)20)11-19(26(41)42)34-25(40)22-18(29)10-15-12-37(13-28(31,32)33)35-24(15)23(22)30/h2-10,12,19H,11,13H2,1H3,(H,34,40)(H,41,42)/t19-/m0/s1. The number of aryl methyl sites for hydroxylation is 1. The Labute approximate surface area is 237 Å². The fourth-order valence-electron chi connectivity index (χ4n) is 4.79. The van der Waals surface area contributed by atoms with Crippen LogP contribution in [0.25, 0.3) is 27.4 Å². The summed E-state index contributed by atoms with van der Waals surface area (Å²) in [5, 5.41) is 15.9. The van der Waals surface area contributed by atoms with Crippen LogP contribution < -0.4 is 16.6 Å². The Hall–Kier alpha value is -5.34. The Balaban J connectivity index is 1.49. The molecule has 3 aromatic carbocycles. The van der Waals surface area contributed by atoms with Crippen molar-refractivity contribution in [1.82, 2.24) is 24.2 Å². The van der Waals surface area contributed by atoms with E-state index in [-0.39, 0.29) is 17.5 Å². The van der Waals surface area contributed by atoms with Crippen LogP contribution in [0.1, 0.15) is 15.9 Å². The van der Waals surface area contributed by atoms with Crippen LogP contribution in [0.2, 0.25) is 0 Å². The van der Waals surface area contributed by atoms with E-state index in [4.69, 9.17) is 0 Å². The number of carboxylic acids is 1. The Morgan fingerprint density at radius 3 is 2.44 bits per heavy atom. The first-order chi connectivity index (χ1) is 20.2. The molecule has 0 fully saturated rings. The van der Waals surface area contributed by atoms with Crippen LogP contribution in [-0.2, 0) is 24.8 Å². The SMILES string of the molecule is Cn1ccc(=O)n(-c2cccc3c(C[C@H](NC(=O)c4c(F)cc5cn(CC(F)(F)F)nc5c4F)C(=O)O)cccc23)c1=O. The predicted molar refractivity (Wildman–Crippen MR) is 143 cm³/mol. The molecule has 0 saturated carbocycles. The third-order valence-electron chi connectivity index (χ3n) is 6.72. The number of hydrogen-bond acceptors (Lipinski definition) is 5. The molecule has 1 amide bonds. The van der Waals surface area contributed by atoms with E-state index in [9.17, 15) is 41.8 Å². The zero-order valence-electron chi connectivity index (χ0n) is 22.0. The highest BCUT2D eigenvalue weighted by atomic mass is 19.4. The molecule has 0 aliphatic rings. The molecule has 15 heteroatoms. The normalized spacial score (nSPS) is 12.5. The van der Waals surface area contributed by atoms with Gasteiger partial charge in [0, 0.05) is 42.7 Å². The first-order valence-corrected chi connectivity index (χ1v) is 12.5. The highest BCUT2D eigenvalue weighted by molar-refractivity contribution is 6.00. The molecular formula is C28H20F5N5O5. The zero-order chi connectivity index (χ0) is 31.2. The molecule has 0 radical (unpaired) electrons. The van der Waals surface area contributed by atoms with Gasteiger partial charge in [-0.2, -0.15) is 18.3 Å². The number of fused-ring (bicyclic) bond motifs is 2. The van der Waals surface area contributed by atoms with Crippen molar-refractivity contribution in [3.05, 3.63) is 105 Å². The molecule has 5 aromatic rings. The van der Waals surface area contributed by atoms with E-state index in [2.05, 4.69) is 10.4 Å². The molecule has 10 nitrogen and oxygen atoms in total. The molecule has 222 valence electrons. The van der Waals surface area contributed by atoms with Gasteiger partial charge in [0.15, 0.2) is 5.82 Å². The van der Waals surface area contributed by atoms with Gasteiger partial charge >= 0.3 is 17.8 Å². The number of nitrogens with zero attached hydrogens (tertiary/aromatic N) is 4. The van der Waals surface area contributed by atoms with Crippen molar-refractivity contribution in [3.8, 4) is 5.69 Å². The predicted octanol–water partition coefficient (Wildman–Crippen LogP) is 3.31. The Morgan fingerprint density at radius 1 is 1.05 bits per heavy atom. The highest BCUT2D eigenvalue weighted by Gasteiger charge is 2.31. The number of nitrogens with one attached hydrogen (secondary N) is 1. The van der Waals surface area contributed by atoms with Crippen molar-refractivity contribution in [1.29, 1.82) is 0 Å². The largest absolute Gasteiger partial charge is 0.480 e. The molecule has 0 aliphatic heterocycles. The van der Waals surface area contributed by atoms with Crippen LogP contribution in [0, 0.1) is 11.6 Å². The van der Waals surface area contributed by atoms with E-state index in [0.717, 1.165) is 10.8 Å². The molecular weight excluding hydrogens is 581 g/mol. The Kier molecular flexibility index (Phi) is 7.33. The molecule has 5 rings (SSSR count). The zero-order valence-corrected chi connectivity index (χ0v) is 22.0. The van der Waals surface area contributed by atoms with Gasteiger partial charge in [0.1, 0.15) is 29.5 Å². The summed E-state index contributed by atoms with van der Waals surface area (Å²) >= 11 is 0. The molecule has 2 heterocycles. The van der Waals surface area contributed by atoms with Crippen LogP contribution in [-0.4, -0.2) is 48.1 Å². The molecule has 0 saturated heterocycles. The van der Waals surface area contributed by atoms with Crippen LogP contribution in [0.4, 0.5) is 22.0 Å². The molecule has 1 atom stereocenters. The van der Waals surface area contributed by atoms with Gasteiger partial charge in [-0.1, -0.05) is 30.3 Å². The second kappa shape index (κ2) is 10.8. The lowest BCUT2D eigenvalue weighted by molar-refractivity contribution is -0.142. The summed E-state index contributed by atoms with van der Waals surface area (Å²) < 4.78 is 70.7. The molecule has 43 heavy (non-hydrogen) atoms. The van der Waals surface area contributed by atoms with E-state index >= 15 is 4.39 Å². The summed E-state index contributed by atoms with van der Waals surface area (Å²) in [5.74, 6) is -5.99. The topological polar surface area (TPSA) is 128 Å². The number of benzene rings is 3. The average molecular weight is 601 g/mol. The van der Waals surface area contributed by atoms with Crippen LogP contribution in [0.3, 0.4) is 0 Å². The number of carbonyl (C=O) groups excluding carboxylic acids is 1. The number of halogens is 5. The molecule has 0 spiro atoms. The van der Waals surface area contributed by atoms with E-state index < -0.39 is 64.6 Å². The van der Waals surface area contributed by atoms with Crippen molar-refractivity contribution in [2.45, 2.75) is 25.2 Å². The van der Waals surface area contributed by atoms with E-state index in [1.807, 2.05) is 0 Å². The minimum Gasteiger partial charge on any atom is -0.480 e. The Morgan fingerprint density at radius 2 is 1.74 bits per heavy atom. The van der Waals surface area contributed by atoms with Gasteiger partial charge in [0.25, 0.3) is 11.5 Å². The van der Waals surface area contributed by atoms with Gasteiger partial charge in [-0.25, -0.2) is 22.9 Å². The second-order valence-electron chi connectivity index (χ2n) is 9.67. The van der Waals surface area contributed by atoms with Gasteiger partial charge in [0.05, 0.1) is 5.69 Å². The summed E-state index contributed by atoms with van der Waals surface area (Å²) in [6.07, 6.45) is -2.99. The van der Waals surface area contributed by atoms with Crippen molar-refractivity contribution in [2.75, 3.05) is 0 Å². The van der Waals surface area contributed by atoms with Gasteiger partial charge in [-0.15, -0.1) is 0 Å². The van der Waals surface area contributed by atoms with Gasteiger partial charge in [-0.05, 0) is 23.1 Å². The summed E-state index contributed by atoms with van der Waals surface area (Å²) in [6.45, 7) is -1.58. The molecule has 0 bridgehead atoms. The number of rotatable bonds is 7. The van der Waals surface area contributed by atoms with Crippen molar-refractivity contribution < 1.29 is 36.6 Å². The minimum atomic E-state index is -4.69. The minimum absolute atomic E-state index is 0.226. The smallest absolute Gasteiger partial charge is 0.408 e. The number of carboxylic acid groups (broad SMARTS) is 1. The quantitative estimate of drug-likeness (QED) is 0.276. The van der Waals surface area contributed by atoms with E-state index in [1.54, 1.807) is 30.3 Å². The van der Waals surface area contributed by atoms with Gasteiger partial charge < -0.3 is 15.0 Å². The van der Waals surface area contributed by atoms with E-state index in [1.165, 1.54) is 29.9 Å². The summed E-state index contributed by atoms with van der Waals surface area (Å²) in [6, 6.07) is 9.51. The Bertz CT molecular complexity index is 2050. The molecule has 2 N–H and O–H groups in total. The van der Waals surface area contributed by atoms with Crippen LogP contribution in [0.5, 0.6) is 0 Å². The van der Waals surface area contributed by atoms with Crippen LogP contribution in [0.15, 0.2) is 70.5 Å². The first kappa shape index (κ1) is 29.2. The lowest BCUT2D eigenvalue weighted by Gasteiger charge is -2.17. The first-order valence-electron chi connectivity index (χ1n) is 12.5. The lowest BCUT2D eigenvalue weighted by Crippen LogP contribution is -2.43. The summed E-state index contributed by atoms with van der Waals surface area (Å²) in [7, 11) is 1.46. The third-order valence-corrected chi connectivity index (χ3v) is 6.72. The number of aromatic nitrogens is 4. The maximum absolute atomic E-state index is 15.2. The van der Waals surface area contributed by atoms with Crippen molar-refractivity contribution >= 4 is 33.6 Å². The molecule has 2 aromatic heterocycles. The maximum atomic E-state index is 15.2. The number of alkyl halides is 3. The van der Waals surface area contributed by atoms with E-state index in [0.29, 0.717) is 27.1 Å². The summed E-state index contributed by atoms with van der Waals surface area (Å²) in [5.41, 5.74) is -2.55. The third kappa shape index (κ3) is 5.60. The molecule has 0 aliphatic carbocycles. The van der Waals surface area contributed by atoms with Crippen LogP contribution >= 0.6 is 0 Å². The molecule has 0 unspecified atom stereocenters. The number of carbonyl (C=O) groups is 2. The maximum Gasteiger partial charge on any atom is 0.408 e.